The molecule has 14 heteroatoms. The SMILES string of the molecule is COCC(COC)(COC(=O)CCSC(=O)/C=C/c1ccc(OC)c(O)c1)COC(=O)CCSC(=O)/C=C/c1ccc(O)c(OC)c1. The van der Waals surface area contributed by atoms with Gasteiger partial charge in [-0.3, -0.25) is 19.2 Å². The van der Waals surface area contributed by atoms with Gasteiger partial charge < -0.3 is 38.6 Å². The van der Waals surface area contributed by atoms with Crippen molar-refractivity contribution < 1.29 is 57.8 Å². The van der Waals surface area contributed by atoms with Crippen molar-refractivity contribution in [2.24, 2.45) is 5.41 Å². The second-order valence-electron chi connectivity index (χ2n) is 10.1. The summed E-state index contributed by atoms with van der Waals surface area (Å²) in [6.07, 6.45) is 5.75. The Bertz CT molecular complexity index is 1400. The lowest BCUT2D eigenvalue weighted by Gasteiger charge is -2.31. The van der Waals surface area contributed by atoms with E-state index < -0.39 is 17.4 Å². The van der Waals surface area contributed by atoms with E-state index in [1.807, 2.05) is 0 Å². The van der Waals surface area contributed by atoms with E-state index >= 15 is 0 Å². The highest BCUT2D eigenvalue weighted by atomic mass is 32.2. The quantitative estimate of drug-likeness (QED) is 0.147. The number of carbonyl (C=O) groups is 4. The molecule has 0 heterocycles. The van der Waals surface area contributed by atoms with E-state index in [4.69, 9.17) is 28.4 Å². The molecule has 2 aromatic carbocycles. The molecule has 0 bridgehead atoms. The van der Waals surface area contributed by atoms with Crippen LogP contribution in [0.4, 0.5) is 0 Å². The molecule has 0 fully saturated rings. The molecule has 0 saturated carbocycles. The molecule has 0 amide bonds. The fourth-order valence-corrected chi connectivity index (χ4v) is 5.25. The maximum Gasteiger partial charge on any atom is 0.306 e. The van der Waals surface area contributed by atoms with Crippen molar-refractivity contribution in [3.63, 3.8) is 0 Å². The van der Waals surface area contributed by atoms with Crippen LogP contribution in [-0.4, -0.2) is 98.8 Å². The highest BCUT2D eigenvalue weighted by Crippen LogP contribution is 2.28. The van der Waals surface area contributed by atoms with E-state index in [9.17, 15) is 29.4 Å². The van der Waals surface area contributed by atoms with E-state index in [2.05, 4.69) is 0 Å². The Labute approximate surface area is 282 Å². The fraction of sp³-hybridized carbons (Fsp3) is 0.394. The highest BCUT2D eigenvalue weighted by Gasteiger charge is 2.34. The summed E-state index contributed by atoms with van der Waals surface area (Å²) >= 11 is 1.89. The summed E-state index contributed by atoms with van der Waals surface area (Å²) in [6, 6.07) is 9.41. The van der Waals surface area contributed by atoms with Gasteiger partial charge in [-0.2, -0.15) is 0 Å². The first kappa shape index (κ1) is 39.2. The number of hydrogen-bond acceptors (Lipinski definition) is 14. The van der Waals surface area contributed by atoms with Crippen LogP contribution < -0.4 is 9.47 Å². The van der Waals surface area contributed by atoms with Gasteiger partial charge in [-0.15, -0.1) is 0 Å². The van der Waals surface area contributed by atoms with Gasteiger partial charge >= 0.3 is 11.9 Å². The summed E-state index contributed by atoms with van der Waals surface area (Å²) in [7, 11) is 5.78. The number of carbonyl (C=O) groups excluding carboxylic acids is 4. The zero-order chi connectivity index (χ0) is 34.7. The fourth-order valence-electron chi connectivity index (χ4n) is 3.98. The minimum atomic E-state index is -0.971. The van der Waals surface area contributed by atoms with Crippen molar-refractivity contribution in [1.82, 2.24) is 0 Å². The topological polar surface area (TPSA) is 164 Å². The van der Waals surface area contributed by atoms with Crippen molar-refractivity contribution in [3.05, 3.63) is 59.7 Å². The van der Waals surface area contributed by atoms with Crippen molar-refractivity contribution in [1.29, 1.82) is 0 Å². The van der Waals surface area contributed by atoms with E-state index in [0.29, 0.717) is 16.9 Å². The largest absolute Gasteiger partial charge is 0.504 e. The number of thioether (sulfide) groups is 2. The molecule has 47 heavy (non-hydrogen) atoms. The molecule has 2 rings (SSSR count). The van der Waals surface area contributed by atoms with Gasteiger partial charge in [0.25, 0.3) is 0 Å². The Kier molecular flexibility index (Phi) is 17.5. The molecule has 0 radical (unpaired) electrons. The summed E-state index contributed by atoms with van der Waals surface area (Å²) in [4.78, 5) is 49.3. The van der Waals surface area contributed by atoms with Gasteiger partial charge in [0.15, 0.2) is 23.0 Å². The average Bonchev–Trinajstić information content (AvgIpc) is 3.05. The average molecular weight is 693 g/mol. The van der Waals surface area contributed by atoms with E-state index in [1.54, 1.807) is 36.4 Å². The van der Waals surface area contributed by atoms with Crippen molar-refractivity contribution in [3.8, 4) is 23.0 Å². The number of hydrogen-bond donors (Lipinski definition) is 2. The number of ether oxygens (including phenoxy) is 6. The van der Waals surface area contributed by atoms with Gasteiger partial charge in [-0.05, 0) is 47.5 Å². The van der Waals surface area contributed by atoms with Crippen LogP contribution in [0.3, 0.4) is 0 Å². The number of esters is 2. The summed E-state index contributed by atoms with van der Waals surface area (Å²) < 4.78 is 31.5. The molecule has 0 aliphatic heterocycles. The predicted molar refractivity (Wildman–Crippen MR) is 180 cm³/mol. The minimum absolute atomic E-state index is 0.0101. The summed E-state index contributed by atoms with van der Waals surface area (Å²) in [6.45, 7) is -0.165. The number of phenolic OH excluding ortho intramolecular Hbond substituents is 2. The van der Waals surface area contributed by atoms with Crippen LogP contribution in [0.15, 0.2) is 48.6 Å². The second-order valence-corrected chi connectivity index (χ2v) is 12.3. The number of aromatic hydroxyl groups is 2. The van der Waals surface area contributed by atoms with Crippen LogP contribution in [0.1, 0.15) is 24.0 Å². The Morgan fingerprint density at radius 1 is 0.660 bits per heavy atom. The van der Waals surface area contributed by atoms with Crippen LogP contribution in [0.5, 0.6) is 23.0 Å². The molecule has 0 unspecified atom stereocenters. The third kappa shape index (κ3) is 14.5. The summed E-state index contributed by atoms with van der Waals surface area (Å²) in [5.41, 5.74) is 0.300. The monoisotopic (exact) mass is 692 g/mol. The highest BCUT2D eigenvalue weighted by molar-refractivity contribution is 8.14. The van der Waals surface area contributed by atoms with Crippen LogP contribution in [-0.2, 0) is 38.1 Å². The number of phenols is 2. The first-order chi connectivity index (χ1) is 22.5. The first-order valence-electron chi connectivity index (χ1n) is 14.3. The third-order valence-electron chi connectivity index (χ3n) is 6.31. The Morgan fingerprint density at radius 2 is 1.15 bits per heavy atom. The molecule has 0 aliphatic rings. The van der Waals surface area contributed by atoms with Crippen LogP contribution >= 0.6 is 23.5 Å². The standard InChI is InChI=1S/C33H40O12S2/c1-40-19-33(20-41-2,21-44-29(36)13-15-46-31(38)11-7-23-6-10-27(42-3)26(35)17-23)22-45-30(37)14-16-47-32(39)12-8-24-5-9-25(34)28(18-24)43-4/h5-12,17-18,34-35H,13-16,19-22H2,1-4H3/b11-7+,12-8+. The molecule has 0 atom stereocenters. The zero-order valence-electron chi connectivity index (χ0n) is 26.7. The number of benzene rings is 2. The molecule has 0 aromatic heterocycles. The minimum Gasteiger partial charge on any atom is -0.504 e. The smallest absolute Gasteiger partial charge is 0.306 e. The van der Waals surface area contributed by atoms with Crippen LogP contribution in [0.25, 0.3) is 12.2 Å². The van der Waals surface area contributed by atoms with Gasteiger partial charge in [0.05, 0.1) is 45.7 Å². The summed E-state index contributed by atoms with van der Waals surface area (Å²) in [5.74, 6) is -0.181. The third-order valence-corrected chi connectivity index (χ3v) is 7.97. The van der Waals surface area contributed by atoms with E-state index in [0.717, 1.165) is 23.5 Å². The molecular weight excluding hydrogens is 652 g/mol. The first-order valence-corrected chi connectivity index (χ1v) is 16.2. The van der Waals surface area contributed by atoms with E-state index in [-0.39, 0.29) is 78.3 Å². The molecule has 0 saturated heterocycles. The maximum absolute atomic E-state index is 12.4. The van der Waals surface area contributed by atoms with Gasteiger partial charge in [0, 0.05) is 25.7 Å². The Balaban J connectivity index is 1.77. The van der Waals surface area contributed by atoms with Crippen molar-refractivity contribution >= 4 is 57.8 Å². The Hall–Kier alpha value is -3.98. The van der Waals surface area contributed by atoms with Crippen molar-refractivity contribution in [2.45, 2.75) is 12.8 Å². The van der Waals surface area contributed by atoms with Gasteiger partial charge in [0.2, 0.25) is 10.2 Å². The molecule has 12 nitrogen and oxygen atoms in total. The molecule has 2 aromatic rings. The number of methoxy groups -OCH3 is 4. The molecule has 0 spiro atoms. The van der Waals surface area contributed by atoms with E-state index in [1.165, 1.54) is 52.7 Å². The van der Waals surface area contributed by atoms with Gasteiger partial charge in [-0.25, -0.2) is 0 Å². The van der Waals surface area contributed by atoms with Crippen molar-refractivity contribution in [2.75, 3.05) is 66.4 Å². The lowest BCUT2D eigenvalue weighted by molar-refractivity contribution is -0.160. The van der Waals surface area contributed by atoms with Gasteiger partial charge in [-0.1, -0.05) is 47.8 Å². The summed E-state index contributed by atoms with van der Waals surface area (Å²) in [5, 5.41) is 19.0. The maximum atomic E-state index is 12.4. The van der Waals surface area contributed by atoms with Crippen LogP contribution in [0.2, 0.25) is 0 Å². The van der Waals surface area contributed by atoms with Gasteiger partial charge in [0.1, 0.15) is 13.2 Å². The lowest BCUT2D eigenvalue weighted by atomic mass is 9.92. The zero-order valence-corrected chi connectivity index (χ0v) is 28.4. The number of rotatable bonds is 20. The predicted octanol–water partition coefficient (Wildman–Crippen LogP) is 4.51. The molecule has 256 valence electrons. The normalized spacial score (nSPS) is 11.5. The lowest BCUT2D eigenvalue weighted by Crippen LogP contribution is -2.42. The van der Waals surface area contributed by atoms with Crippen LogP contribution in [0, 0.1) is 5.41 Å². The Morgan fingerprint density at radius 3 is 1.62 bits per heavy atom. The second kappa shape index (κ2) is 21.0. The molecular formula is C33H40O12S2. The molecule has 0 aliphatic carbocycles. The molecule has 2 N–H and O–H groups in total.